The van der Waals surface area contributed by atoms with Crippen molar-refractivity contribution in [3.8, 4) is 0 Å². The number of thioether (sulfide) groups is 1. The summed E-state index contributed by atoms with van der Waals surface area (Å²) in [5.74, 6) is 0. The summed E-state index contributed by atoms with van der Waals surface area (Å²) in [5.41, 5.74) is 0. The number of hydrogen-bond donors (Lipinski definition) is 1. The van der Waals surface area contributed by atoms with Gasteiger partial charge < -0.3 is 5.32 Å². The summed E-state index contributed by atoms with van der Waals surface area (Å²) in [6.45, 7) is 9.17. The number of hydrogen-bond acceptors (Lipinski definition) is 2. The molecular weight excluding hydrogens is 154 g/mol. The van der Waals surface area contributed by atoms with Crippen molar-refractivity contribution in [3.63, 3.8) is 0 Å². The predicted molar refractivity (Wildman–Crippen MR) is 53.2 cm³/mol. The van der Waals surface area contributed by atoms with E-state index in [1.165, 1.54) is 6.42 Å². The molecule has 66 valence electrons. The summed E-state index contributed by atoms with van der Waals surface area (Å²) in [6, 6.07) is 1.37. The Bertz CT molecular complexity index is 127. The van der Waals surface area contributed by atoms with Crippen molar-refractivity contribution in [1.82, 2.24) is 5.32 Å². The van der Waals surface area contributed by atoms with Crippen LogP contribution in [0.5, 0.6) is 0 Å². The van der Waals surface area contributed by atoms with E-state index in [4.69, 9.17) is 0 Å². The topological polar surface area (TPSA) is 12.0 Å². The first-order chi connectivity index (χ1) is 5.15. The first-order valence-corrected chi connectivity index (χ1v) is 5.51. The molecule has 0 spiro atoms. The van der Waals surface area contributed by atoms with Gasteiger partial charge in [-0.3, -0.25) is 0 Å². The highest BCUT2D eigenvalue weighted by atomic mass is 32.2. The van der Waals surface area contributed by atoms with E-state index in [2.05, 4.69) is 44.8 Å². The zero-order valence-electron chi connectivity index (χ0n) is 7.92. The van der Waals surface area contributed by atoms with E-state index in [-0.39, 0.29) is 0 Å². The SMILES string of the molecule is CCC1SC(C)C(C)NC1C. The average Bonchev–Trinajstić information content (AvgIpc) is 1.97. The second-order valence-corrected chi connectivity index (χ2v) is 5.15. The van der Waals surface area contributed by atoms with Crippen molar-refractivity contribution in [3.05, 3.63) is 0 Å². The Balaban J connectivity index is 2.48. The maximum atomic E-state index is 3.61. The molecular formula is C9H19NS. The molecule has 1 N–H and O–H groups in total. The van der Waals surface area contributed by atoms with Gasteiger partial charge in [-0.25, -0.2) is 0 Å². The molecule has 0 saturated carbocycles. The first kappa shape index (κ1) is 9.40. The largest absolute Gasteiger partial charge is 0.310 e. The molecule has 0 aromatic heterocycles. The van der Waals surface area contributed by atoms with Crippen LogP contribution in [0.2, 0.25) is 0 Å². The Labute approximate surface area is 74.3 Å². The van der Waals surface area contributed by atoms with Gasteiger partial charge in [0.25, 0.3) is 0 Å². The van der Waals surface area contributed by atoms with Crippen LogP contribution in [0, 0.1) is 0 Å². The Kier molecular flexibility index (Phi) is 3.26. The molecule has 0 aromatic rings. The van der Waals surface area contributed by atoms with Gasteiger partial charge in [-0.2, -0.15) is 11.8 Å². The Morgan fingerprint density at radius 2 is 1.82 bits per heavy atom. The molecule has 2 heteroatoms. The van der Waals surface area contributed by atoms with Gasteiger partial charge in [0.1, 0.15) is 0 Å². The molecule has 1 fully saturated rings. The molecule has 1 rings (SSSR count). The highest BCUT2D eigenvalue weighted by Crippen LogP contribution is 2.29. The minimum Gasteiger partial charge on any atom is -0.310 e. The van der Waals surface area contributed by atoms with Gasteiger partial charge in [-0.15, -0.1) is 0 Å². The molecule has 0 bridgehead atoms. The van der Waals surface area contributed by atoms with Crippen LogP contribution in [0.3, 0.4) is 0 Å². The Morgan fingerprint density at radius 1 is 1.18 bits per heavy atom. The molecule has 4 unspecified atom stereocenters. The number of nitrogens with one attached hydrogen (secondary N) is 1. The van der Waals surface area contributed by atoms with E-state index in [9.17, 15) is 0 Å². The van der Waals surface area contributed by atoms with Crippen LogP contribution >= 0.6 is 11.8 Å². The van der Waals surface area contributed by atoms with Crippen LogP contribution in [0.25, 0.3) is 0 Å². The summed E-state index contributed by atoms with van der Waals surface area (Å²) in [6.07, 6.45) is 1.29. The smallest absolute Gasteiger partial charge is 0.0199 e. The van der Waals surface area contributed by atoms with Crippen LogP contribution in [-0.2, 0) is 0 Å². The lowest BCUT2D eigenvalue weighted by atomic mass is 10.1. The van der Waals surface area contributed by atoms with Gasteiger partial charge >= 0.3 is 0 Å². The lowest BCUT2D eigenvalue weighted by molar-refractivity contribution is 0.426. The van der Waals surface area contributed by atoms with Crippen LogP contribution in [0.1, 0.15) is 34.1 Å². The minimum atomic E-state index is 0.679. The maximum Gasteiger partial charge on any atom is 0.0199 e. The molecule has 0 amide bonds. The number of rotatable bonds is 1. The zero-order valence-corrected chi connectivity index (χ0v) is 8.74. The Hall–Kier alpha value is 0.310. The fraction of sp³-hybridized carbons (Fsp3) is 1.00. The fourth-order valence-corrected chi connectivity index (χ4v) is 2.99. The van der Waals surface area contributed by atoms with Crippen LogP contribution in [-0.4, -0.2) is 22.6 Å². The van der Waals surface area contributed by atoms with E-state index in [1.807, 2.05) is 0 Å². The van der Waals surface area contributed by atoms with Gasteiger partial charge in [-0.05, 0) is 20.3 Å². The van der Waals surface area contributed by atoms with Crippen LogP contribution in [0.4, 0.5) is 0 Å². The highest BCUT2D eigenvalue weighted by molar-refractivity contribution is 8.00. The molecule has 0 aromatic carbocycles. The van der Waals surface area contributed by atoms with Crippen molar-refractivity contribution in [2.75, 3.05) is 0 Å². The second kappa shape index (κ2) is 3.81. The Morgan fingerprint density at radius 3 is 2.36 bits per heavy atom. The van der Waals surface area contributed by atoms with Crippen molar-refractivity contribution in [2.45, 2.75) is 56.7 Å². The van der Waals surface area contributed by atoms with Crippen LogP contribution < -0.4 is 5.32 Å². The molecule has 1 aliphatic rings. The third kappa shape index (κ3) is 2.12. The quantitative estimate of drug-likeness (QED) is 0.653. The summed E-state index contributed by atoms with van der Waals surface area (Å²) >= 11 is 2.14. The fourth-order valence-electron chi connectivity index (χ4n) is 1.62. The van der Waals surface area contributed by atoms with E-state index >= 15 is 0 Å². The highest BCUT2D eigenvalue weighted by Gasteiger charge is 2.28. The average molecular weight is 173 g/mol. The van der Waals surface area contributed by atoms with Crippen molar-refractivity contribution >= 4 is 11.8 Å². The third-order valence-electron chi connectivity index (χ3n) is 2.58. The summed E-state index contributed by atoms with van der Waals surface area (Å²) < 4.78 is 0. The maximum absolute atomic E-state index is 3.61. The molecule has 4 atom stereocenters. The summed E-state index contributed by atoms with van der Waals surface area (Å²) in [5, 5.41) is 5.20. The third-order valence-corrected chi connectivity index (χ3v) is 4.51. The van der Waals surface area contributed by atoms with Gasteiger partial charge in [0.2, 0.25) is 0 Å². The monoisotopic (exact) mass is 173 g/mol. The van der Waals surface area contributed by atoms with Gasteiger partial charge in [0, 0.05) is 22.6 Å². The standard InChI is InChI=1S/C9H19NS/c1-5-9-7(3)10-6(2)8(4)11-9/h6-10H,5H2,1-4H3. The minimum absolute atomic E-state index is 0.679. The van der Waals surface area contributed by atoms with Gasteiger partial charge in [0.15, 0.2) is 0 Å². The first-order valence-electron chi connectivity index (χ1n) is 4.56. The summed E-state index contributed by atoms with van der Waals surface area (Å²) in [4.78, 5) is 0. The van der Waals surface area contributed by atoms with Crippen molar-refractivity contribution in [1.29, 1.82) is 0 Å². The molecule has 1 saturated heterocycles. The van der Waals surface area contributed by atoms with E-state index in [1.54, 1.807) is 0 Å². The molecule has 1 aliphatic heterocycles. The second-order valence-electron chi connectivity index (χ2n) is 3.53. The van der Waals surface area contributed by atoms with Crippen LogP contribution in [0.15, 0.2) is 0 Å². The molecule has 1 nitrogen and oxygen atoms in total. The molecule has 1 heterocycles. The molecule has 0 aliphatic carbocycles. The lowest BCUT2D eigenvalue weighted by Gasteiger charge is -2.37. The van der Waals surface area contributed by atoms with E-state index in [0.717, 1.165) is 10.5 Å². The van der Waals surface area contributed by atoms with Crippen molar-refractivity contribution < 1.29 is 0 Å². The van der Waals surface area contributed by atoms with Gasteiger partial charge in [0.05, 0.1) is 0 Å². The molecule has 11 heavy (non-hydrogen) atoms. The lowest BCUT2D eigenvalue weighted by Crippen LogP contribution is -2.50. The van der Waals surface area contributed by atoms with Crippen molar-refractivity contribution in [2.24, 2.45) is 0 Å². The summed E-state index contributed by atoms with van der Waals surface area (Å²) in [7, 11) is 0. The zero-order chi connectivity index (χ0) is 8.43. The normalized spacial score (nSPS) is 45.8. The van der Waals surface area contributed by atoms with E-state index < -0.39 is 0 Å². The predicted octanol–water partition coefficient (Wildman–Crippen LogP) is 2.27. The molecule has 0 radical (unpaired) electrons. The van der Waals surface area contributed by atoms with Gasteiger partial charge in [-0.1, -0.05) is 13.8 Å². The van der Waals surface area contributed by atoms with E-state index in [0.29, 0.717) is 12.1 Å².